The number of rotatable bonds is 4. The first-order chi connectivity index (χ1) is 10.2. The maximum atomic E-state index is 11.9. The largest absolute Gasteiger partial charge is 0.480 e. The first kappa shape index (κ1) is 15.3. The van der Waals surface area contributed by atoms with Crippen LogP contribution in [0.3, 0.4) is 0 Å². The van der Waals surface area contributed by atoms with Crippen LogP contribution in [-0.4, -0.2) is 46.7 Å². The molecule has 120 valence electrons. The molecule has 2 atom stereocenters. The first-order valence-corrected chi connectivity index (χ1v) is 8.95. The molecule has 2 aliphatic carbocycles. The summed E-state index contributed by atoms with van der Waals surface area (Å²) in [6.45, 7) is 2.34. The average Bonchev–Trinajstić information content (AvgIpc) is 3.22. The van der Waals surface area contributed by atoms with Crippen LogP contribution < -0.4 is 5.32 Å². The van der Waals surface area contributed by atoms with Crippen LogP contribution in [0.25, 0.3) is 0 Å². The van der Waals surface area contributed by atoms with Crippen molar-refractivity contribution in [3.8, 4) is 0 Å². The predicted octanol–water partition coefficient (Wildman–Crippen LogP) is 2.77. The lowest BCUT2D eigenvalue weighted by atomic mass is 9.78. The molecule has 4 nitrogen and oxygen atoms in total. The number of carbonyl (C=O) groups is 1. The molecule has 0 radical (unpaired) electrons. The minimum atomic E-state index is -0.646. The van der Waals surface area contributed by atoms with Crippen molar-refractivity contribution >= 4 is 5.97 Å². The Kier molecular flexibility index (Phi) is 4.85. The van der Waals surface area contributed by atoms with Gasteiger partial charge in [0.2, 0.25) is 0 Å². The fourth-order valence-electron chi connectivity index (χ4n) is 4.20. The molecule has 3 rings (SSSR count). The summed E-state index contributed by atoms with van der Waals surface area (Å²) in [4.78, 5) is 14.5. The quantitative estimate of drug-likeness (QED) is 0.837. The first-order valence-electron chi connectivity index (χ1n) is 8.95. The van der Waals surface area contributed by atoms with Gasteiger partial charge in [0.1, 0.15) is 5.54 Å². The van der Waals surface area contributed by atoms with Crippen molar-refractivity contribution in [1.82, 2.24) is 10.2 Å². The Bertz CT molecular complexity index is 362. The maximum absolute atomic E-state index is 11.9. The summed E-state index contributed by atoms with van der Waals surface area (Å²) in [6, 6.07) is 0.936. The Morgan fingerprint density at radius 1 is 1.00 bits per heavy atom. The molecule has 2 saturated carbocycles. The molecule has 3 aliphatic rings. The smallest absolute Gasteiger partial charge is 0.323 e. The number of aliphatic carboxylic acids is 1. The molecule has 0 spiro atoms. The van der Waals surface area contributed by atoms with Gasteiger partial charge in [-0.3, -0.25) is 10.1 Å². The van der Waals surface area contributed by atoms with E-state index < -0.39 is 11.5 Å². The third-order valence-corrected chi connectivity index (χ3v) is 5.60. The topological polar surface area (TPSA) is 52.6 Å². The third-order valence-electron chi connectivity index (χ3n) is 5.60. The highest BCUT2D eigenvalue weighted by molar-refractivity contribution is 5.79. The zero-order valence-electron chi connectivity index (χ0n) is 13.1. The summed E-state index contributed by atoms with van der Waals surface area (Å²) in [6.07, 6.45) is 12.8. The van der Waals surface area contributed by atoms with Gasteiger partial charge in [0.15, 0.2) is 0 Å². The van der Waals surface area contributed by atoms with E-state index in [1.54, 1.807) is 0 Å². The number of carboxylic acids is 1. The lowest BCUT2D eigenvalue weighted by molar-refractivity contribution is -0.147. The fraction of sp³-hybridized carbons (Fsp3) is 0.941. The summed E-state index contributed by atoms with van der Waals surface area (Å²) in [5, 5.41) is 13.3. The monoisotopic (exact) mass is 294 g/mol. The highest BCUT2D eigenvalue weighted by Gasteiger charge is 2.46. The molecule has 0 aromatic rings. The van der Waals surface area contributed by atoms with Gasteiger partial charge in [-0.2, -0.15) is 0 Å². The van der Waals surface area contributed by atoms with Gasteiger partial charge in [0, 0.05) is 12.1 Å². The highest BCUT2D eigenvalue weighted by atomic mass is 16.4. The molecule has 0 bridgehead atoms. The third kappa shape index (κ3) is 3.78. The lowest BCUT2D eigenvalue weighted by Crippen LogP contribution is -2.59. The molecule has 0 amide bonds. The van der Waals surface area contributed by atoms with Crippen molar-refractivity contribution in [2.75, 3.05) is 13.1 Å². The standard InChI is InChI=1S/C17H30N2O2/c20-16(21)17(18-14-8-9-14)10-6-7-15(13-17)19-11-4-2-1-3-5-12-19/h14-15,18H,1-13H2,(H,20,21). The van der Waals surface area contributed by atoms with Crippen molar-refractivity contribution in [2.45, 2.75) is 88.3 Å². The number of hydrogen-bond donors (Lipinski definition) is 2. The van der Waals surface area contributed by atoms with Crippen molar-refractivity contribution in [1.29, 1.82) is 0 Å². The molecular formula is C17H30N2O2. The summed E-state index contributed by atoms with van der Waals surface area (Å²) in [5.74, 6) is -0.619. The average molecular weight is 294 g/mol. The second-order valence-corrected chi connectivity index (χ2v) is 7.36. The van der Waals surface area contributed by atoms with Gasteiger partial charge in [-0.15, -0.1) is 0 Å². The predicted molar refractivity (Wildman–Crippen MR) is 83.4 cm³/mol. The van der Waals surface area contributed by atoms with Crippen LogP contribution in [0, 0.1) is 0 Å². The molecule has 0 aromatic carbocycles. The van der Waals surface area contributed by atoms with E-state index in [4.69, 9.17) is 0 Å². The van der Waals surface area contributed by atoms with Gasteiger partial charge in [0.25, 0.3) is 0 Å². The fourth-order valence-corrected chi connectivity index (χ4v) is 4.20. The zero-order valence-corrected chi connectivity index (χ0v) is 13.1. The summed E-state index contributed by atoms with van der Waals surface area (Å²) >= 11 is 0. The van der Waals surface area contributed by atoms with E-state index in [2.05, 4.69) is 10.2 Å². The number of nitrogens with zero attached hydrogens (tertiary/aromatic N) is 1. The second-order valence-electron chi connectivity index (χ2n) is 7.36. The molecule has 0 aromatic heterocycles. The van der Waals surface area contributed by atoms with Crippen LogP contribution in [0.2, 0.25) is 0 Å². The van der Waals surface area contributed by atoms with E-state index in [0.717, 1.165) is 32.1 Å². The van der Waals surface area contributed by atoms with Crippen LogP contribution in [0.4, 0.5) is 0 Å². The normalized spacial score (nSPS) is 35.9. The molecule has 3 fully saturated rings. The van der Waals surface area contributed by atoms with Gasteiger partial charge < -0.3 is 10.0 Å². The van der Waals surface area contributed by atoms with Gasteiger partial charge in [-0.1, -0.05) is 19.3 Å². The van der Waals surface area contributed by atoms with E-state index >= 15 is 0 Å². The second kappa shape index (κ2) is 6.66. The van der Waals surface area contributed by atoms with Crippen LogP contribution in [0.15, 0.2) is 0 Å². The summed E-state index contributed by atoms with van der Waals surface area (Å²) in [7, 11) is 0. The molecule has 4 heteroatoms. The highest BCUT2D eigenvalue weighted by Crippen LogP contribution is 2.35. The van der Waals surface area contributed by atoms with Crippen LogP contribution in [0.5, 0.6) is 0 Å². The Morgan fingerprint density at radius 2 is 1.67 bits per heavy atom. The van der Waals surface area contributed by atoms with E-state index in [0.29, 0.717) is 12.1 Å². The minimum Gasteiger partial charge on any atom is -0.480 e. The number of carboxylic acid groups (broad SMARTS) is 1. The molecule has 21 heavy (non-hydrogen) atoms. The van der Waals surface area contributed by atoms with Crippen molar-refractivity contribution in [2.24, 2.45) is 0 Å². The number of likely N-dealkylation sites (tertiary alicyclic amines) is 1. The summed E-state index contributed by atoms with van der Waals surface area (Å²) in [5.41, 5.74) is -0.646. The van der Waals surface area contributed by atoms with Gasteiger partial charge in [-0.05, 0) is 64.5 Å². The van der Waals surface area contributed by atoms with E-state index in [9.17, 15) is 9.90 Å². The Morgan fingerprint density at radius 3 is 2.29 bits per heavy atom. The number of hydrogen-bond acceptors (Lipinski definition) is 3. The van der Waals surface area contributed by atoms with E-state index in [1.165, 1.54) is 51.6 Å². The Labute approximate surface area is 128 Å². The van der Waals surface area contributed by atoms with Crippen LogP contribution in [0.1, 0.15) is 70.6 Å². The van der Waals surface area contributed by atoms with Crippen molar-refractivity contribution in [3.05, 3.63) is 0 Å². The summed E-state index contributed by atoms with van der Waals surface area (Å²) < 4.78 is 0. The van der Waals surface area contributed by atoms with E-state index in [1.807, 2.05) is 0 Å². The van der Waals surface area contributed by atoms with Crippen molar-refractivity contribution in [3.63, 3.8) is 0 Å². The molecule has 1 aliphatic heterocycles. The zero-order chi connectivity index (χ0) is 14.7. The molecular weight excluding hydrogens is 264 g/mol. The van der Waals surface area contributed by atoms with Gasteiger partial charge in [-0.25, -0.2) is 0 Å². The Balaban J connectivity index is 1.66. The van der Waals surface area contributed by atoms with Crippen LogP contribution >= 0.6 is 0 Å². The van der Waals surface area contributed by atoms with Crippen molar-refractivity contribution < 1.29 is 9.90 Å². The van der Waals surface area contributed by atoms with Crippen LogP contribution in [-0.2, 0) is 4.79 Å². The van der Waals surface area contributed by atoms with E-state index in [-0.39, 0.29) is 0 Å². The SMILES string of the molecule is O=C(O)C1(NC2CC2)CCCC(N2CCCCCCC2)C1. The molecule has 1 saturated heterocycles. The lowest BCUT2D eigenvalue weighted by Gasteiger charge is -2.43. The molecule has 2 N–H and O–H groups in total. The van der Waals surface area contributed by atoms with Gasteiger partial charge >= 0.3 is 5.97 Å². The molecule has 2 unspecified atom stereocenters. The molecule has 1 heterocycles. The minimum absolute atomic E-state index is 0.465. The maximum Gasteiger partial charge on any atom is 0.323 e. The Hall–Kier alpha value is -0.610. The number of nitrogens with one attached hydrogen (secondary N) is 1. The van der Waals surface area contributed by atoms with Gasteiger partial charge in [0.05, 0.1) is 0 Å².